The summed E-state index contributed by atoms with van der Waals surface area (Å²) in [7, 11) is 2.80. The number of carbonyl (C=O) groups is 2. The van der Waals surface area contributed by atoms with E-state index in [9.17, 15) is 9.59 Å². The Balaban J connectivity index is 2.21. The van der Waals surface area contributed by atoms with Gasteiger partial charge in [0.25, 0.3) is 5.91 Å². The number of methoxy groups -OCH3 is 1. The number of nitrogens with one attached hydrogen (secondary N) is 1. The molecular formula is C21H24N2O4S. The molecule has 0 aromatic heterocycles. The highest BCUT2D eigenvalue weighted by molar-refractivity contribution is 7.99. The van der Waals surface area contributed by atoms with E-state index in [0.29, 0.717) is 16.2 Å². The Hall–Kier alpha value is -2.51. The maximum Gasteiger partial charge on any atom is 0.303 e. The molecule has 3 rings (SSSR count). The number of thioether (sulfide) groups is 1. The summed E-state index contributed by atoms with van der Waals surface area (Å²) < 4.78 is 44.0. The number of para-hydroxylation sites is 1. The molecule has 2 aromatic rings. The van der Waals surface area contributed by atoms with Crippen molar-refractivity contribution in [1.82, 2.24) is 5.32 Å². The molecule has 0 spiro atoms. The zero-order chi connectivity index (χ0) is 23.7. The van der Waals surface area contributed by atoms with E-state index < -0.39 is 36.2 Å². The van der Waals surface area contributed by atoms with Crippen LogP contribution in [0.25, 0.3) is 0 Å². The monoisotopic (exact) mass is 404 g/mol. The second-order valence-electron chi connectivity index (χ2n) is 5.97. The Morgan fingerprint density at radius 3 is 2.61 bits per heavy atom. The van der Waals surface area contributed by atoms with Gasteiger partial charge in [-0.05, 0) is 36.9 Å². The van der Waals surface area contributed by atoms with Crippen LogP contribution in [0, 0.1) is 0 Å². The number of fused-ring (bicyclic) bond motifs is 1. The summed E-state index contributed by atoms with van der Waals surface area (Å²) >= 11 is 1.25. The third kappa shape index (κ3) is 4.31. The molecule has 148 valence electrons. The van der Waals surface area contributed by atoms with Crippen LogP contribution < -0.4 is 15.0 Å². The van der Waals surface area contributed by atoms with Gasteiger partial charge in [-0.2, -0.15) is 0 Å². The second-order valence-corrected chi connectivity index (χ2v) is 7.15. The van der Waals surface area contributed by atoms with Crippen molar-refractivity contribution in [3.63, 3.8) is 0 Å². The quantitative estimate of drug-likeness (QED) is 0.747. The number of ether oxygens (including phenoxy) is 2. The molecule has 1 N–H and O–H groups in total. The number of hydrogen-bond acceptors (Lipinski definition) is 6. The van der Waals surface area contributed by atoms with Crippen LogP contribution in [0.5, 0.6) is 5.75 Å². The molecule has 0 saturated carbocycles. The fourth-order valence-corrected chi connectivity index (χ4v) is 4.17. The number of carbonyl (C=O) groups excluding carboxylic acids is 2. The molecule has 0 radical (unpaired) electrons. The van der Waals surface area contributed by atoms with Gasteiger partial charge in [-0.1, -0.05) is 24.3 Å². The second kappa shape index (κ2) is 9.12. The van der Waals surface area contributed by atoms with Crippen molar-refractivity contribution in [3.05, 3.63) is 54.1 Å². The van der Waals surface area contributed by atoms with Crippen LogP contribution in [-0.4, -0.2) is 45.1 Å². The zero-order valence-corrected chi connectivity index (χ0v) is 16.6. The predicted octanol–water partition coefficient (Wildman–Crippen LogP) is 3.03. The van der Waals surface area contributed by atoms with Crippen LogP contribution >= 0.6 is 11.8 Å². The number of esters is 1. The Morgan fingerprint density at radius 1 is 1.25 bits per heavy atom. The average molecular weight is 405 g/mol. The van der Waals surface area contributed by atoms with Gasteiger partial charge in [-0.3, -0.25) is 9.59 Å². The van der Waals surface area contributed by atoms with E-state index in [-0.39, 0.29) is 5.69 Å². The Bertz CT molecular complexity index is 1000. The molecule has 6 nitrogen and oxygen atoms in total. The van der Waals surface area contributed by atoms with Crippen molar-refractivity contribution in [2.45, 2.75) is 23.2 Å². The number of rotatable bonds is 6. The van der Waals surface area contributed by atoms with Gasteiger partial charge < -0.3 is 19.7 Å². The summed E-state index contributed by atoms with van der Waals surface area (Å²) in [6.07, 6.45) is -1.39. The zero-order valence-electron chi connectivity index (χ0n) is 19.8. The smallest absolute Gasteiger partial charge is 0.303 e. The highest BCUT2D eigenvalue weighted by atomic mass is 32.2. The minimum atomic E-state index is -2.80. The fourth-order valence-electron chi connectivity index (χ4n) is 2.87. The summed E-state index contributed by atoms with van der Waals surface area (Å²) in [5.41, 5.74) is 0.865. The molecule has 0 fully saturated rings. The topological polar surface area (TPSA) is 67.9 Å². The largest absolute Gasteiger partial charge is 0.497 e. The summed E-state index contributed by atoms with van der Waals surface area (Å²) in [6, 6.07) is 13.6. The lowest BCUT2D eigenvalue weighted by Gasteiger charge is -2.27. The third-order valence-electron chi connectivity index (χ3n) is 4.13. The van der Waals surface area contributed by atoms with Gasteiger partial charge in [0.2, 0.25) is 0 Å². The average Bonchev–Trinajstić information content (AvgIpc) is 2.88. The standard InChI is InChI=1S/C21H24N2O4S/c1-14(24)27-19-20(15-8-10-16(26-3)11-9-15)28-18-7-5-4-6-17(18)23(21(19)25)13-12-22-2/h4-11,19-20,22H,12-13H2,1-3H3/t19-,20+/m0/s1/i12D2,13D2. The predicted molar refractivity (Wildman–Crippen MR) is 110 cm³/mol. The third-order valence-corrected chi connectivity index (χ3v) is 5.50. The van der Waals surface area contributed by atoms with Gasteiger partial charge in [-0.25, -0.2) is 0 Å². The highest BCUT2D eigenvalue weighted by Crippen LogP contribution is 2.46. The summed E-state index contributed by atoms with van der Waals surface area (Å²) in [4.78, 5) is 27.0. The van der Waals surface area contributed by atoms with E-state index in [1.165, 1.54) is 32.8 Å². The van der Waals surface area contributed by atoms with E-state index >= 15 is 0 Å². The van der Waals surface area contributed by atoms with Crippen LogP contribution in [0.4, 0.5) is 5.69 Å². The van der Waals surface area contributed by atoms with E-state index in [1.54, 1.807) is 48.5 Å². The number of amides is 1. The van der Waals surface area contributed by atoms with E-state index in [0.717, 1.165) is 4.90 Å². The van der Waals surface area contributed by atoms with E-state index in [4.69, 9.17) is 15.0 Å². The summed E-state index contributed by atoms with van der Waals surface area (Å²) in [6.45, 7) is -4.23. The summed E-state index contributed by atoms with van der Waals surface area (Å²) in [5, 5.41) is 1.60. The van der Waals surface area contributed by atoms with Crippen molar-refractivity contribution in [3.8, 4) is 5.75 Å². The van der Waals surface area contributed by atoms with Crippen LogP contribution in [-0.2, 0) is 14.3 Å². The van der Waals surface area contributed by atoms with Gasteiger partial charge in [0, 0.05) is 27.6 Å². The molecule has 1 aliphatic heterocycles. The van der Waals surface area contributed by atoms with Crippen molar-refractivity contribution >= 4 is 29.3 Å². The first-order chi connectivity index (χ1) is 15.0. The van der Waals surface area contributed by atoms with Gasteiger partial charge in [-0.15, -0.1) is 11.8 Å². The van der Waals surface area contributed by atoms with Gasteiger partial charge in [0.05, 0.1) is 20.8 Å². The van der Waals surface area contributed by atoms with Crippen molar-refractivity contribution in [2.24, 2.45) is 0 Å². The number of likely N-dealkylation sites (N-methyl/N-ethyl adjacent to an activating group) is 1. The van der Waals surface area contributed by atoms with Gasteiger partial charge in [0.15, 0.2) is 6.10 Å². The normalized spacial score (nSPS) is 22.1. The van der Waals surface area contributed by atoms with Crippen LogP contribution in [0.15, 0.2) is 53.4 Å². The lowest BCUT2D eigenvalue weighted by Crippen LogP contribution is -2.45. The lowest BCUT2D eigenvalue weighted by atomic mass is 10.1. The maximum atomic E-state index is 13.7. The molecule has 2 aromatic carbocycles. The molecular weight excluding hydrogens is 376 g/mol. The number of anilines is 1. The number of nitrogens with zero attached hydrogens (tertiary/aromatic N) is 1. The molecule has 0 saturated heterocycles. The number of benzene rings is 2. The van der Waals surface area contributed by atoms with Crippen molar-refractivity contribution in [2.75, 3.05) is 32.1 Å². The molecule has 7 heteroatoms. The van der Waals surface area contributed by atoms with Crippen LogP contribution in [0.3, 0.4) is 0 Å². The van der Waals surface area contributed by atoms with Crippen LogP contribution in [0.2, 0.25) is 0 Å². The van der Waals surface area contributed by atoms with E-state index in [1.807, 2.05) is 0 Å². The first kappa shape index (κ1) is 15.4. The number of hydrogen-bond donors (Lipinski definition) is 1. The molecule has 1 heterocycles. The Kier molecular flexibility index (Phi) is 5.02. The SMILES string of the molecule is [2H]C([2H])(NC)C([2H])([2H])N1C(=O)[C@@H](OC(C)=O)[C@@H](c2ccc(OC)cc2)Sc2ccccc21. The van der Waals surface area contributed by atoms with Crippen molar-refractivity contribution < 1.29 is 24.5 Å². The van der Waals surface area contributed by atoms with Crippen molar-refractivity contribution in [1.29, 1.82) is 0 Å². The Morgan fingerprint density at radius 2 is 1.96 bits per heavy atom. The van der Waals surface area contributed by atoms with Gasteiger partial charge in [0.1, 0.15) is 5.75 Å². The molecule has 1 amide bonds. The minimum Gasteiger partial charge on any atom is -0.497 e. The van der Waals surface area contributed by atoms with Gasteiger partial charge >= 0.3 is 5.97 Å². The highest BCUT2D eigenvalue weighted by Gasteiger charge is 2.40. The fraction of sp³-hybridized carbons (Fsp3) is 0.333. The lowest BCUT2D eigenvalue weighted by molar-refractivity contribution is -0.152. The molecule has 0 bridgehead atoms. The first-order valence-electron chi connectivity index (χ1n) is 10.6. The Labute approximate surface area is 174 Å². The first-order valence-corrected chi connectivity index (χ1v) is 9.51. The van der Waals surface area contributed by atoms with E-state index in [2.05, 4.69) is 5.32 Å². The molecule has 1 aliphatic rings. The van der Waals surface area contributed by atoms with Crippen LogP contribution in [0.1, 0.15) is 23.2 Å². The minimum absolute atomic E-state index is 0.194. The molecule has 28 heavy (non-hydrogen) atoms. The molecule has 2 atom stereocenters. The molecule has 0 unspecified atom stereocenters. The maximum absolute atomic E-state index is 13.7. The summed E-state index contributed by atoms with van der Waals surface area (Å²) in [5.74, 6) is -0.948. The molecule has 0 aliphatic carbocycles.